The molecule has 1 aromatic carbocycles. The Balaban J connectivity index is 3.20. The summed E-state index contributed by atoms with van der Waals surface area (Å²) in [5.41, 5.74) is -2.66. The Hall–Kier alpha value is -2.50. The maximum atomic E-state index is 11.3. The van der Waals surface area contributed by atoms with Crippen LogP contribution < -0.4 is 11.0 Å². The van der Waals surface area contributed by atoms with Gasteiger partial charge in [-0.3, -0.25) is 9.59 Å². The Bertz CT molecular complexity index is 690. The first-order valence-electron chi connectivity index (χ1n) is 4.37. The maximum absolute atomic E-state index is 11.3. The van der Waals surface area contributed by atoms with E-state index < -0.39 is 22.4 Å². The fraction of sp³-hybridized carbons (Fsp3) is 0. The summed E-state index contributed by atoms with van der Waals surface area (Å²) in [6.07, 6.45) is 0. The van der Waals surface area contributed by atoms with Crippen molar-refractivity contribution < 1.29 is 5.11 Å². The summed E-state index contributed by atoms with van der Waals surface area (Å²) in [5, 5.41) is 12.2. The lowest BCUT2D eigenvalue weighted by Crippen LogP contribution is -2.22. The molecular formula is C10H6N2O4. The molecule has 0 saturated heterocycles. The van der Waals surface area contributed by atoms with Gasteiger partial charge in [-0.2, -0.15) is 0 Å². The van der Waals surface area contributed by atoms with Crippen molar-refractivity contribution in [3.8, 4) is 5.75 Å². The molecule has 1 heterocycles. The highest BCUT2D eigenvalue weighted by molar-refractivity contribution is 5.87. The molecule has 6 heteroatoms. The molecular weight excluding hydrogens is 212 g/mol. The second kappa shape index (κ2) is 3.58. The second-order valence-electron chi connectivity index (χ2n) is 3.12. The molecule has 2 N–H and O–H groups in total. The third-order valence-corrected chi connectivity index (χ3v) is 2.17. The fourth-order valence-corrected chi connectivity index (χ4v) is 1.41. The van der Waals surface area contributed by atoms with E-state index >= 15 is 0 Å². The molecule has 80 valence electrons. The largest absolute Gasteiger partial charge is 0.505 e. The molecule has 0 atom stereocenters. The summed E-state index contributed by atoms with van der Waals surface area (Å²) in [6.45, 7) is 0. The van der Waals surface area contributed by atoms with Crippen LogP contribution in [0.4, 0.5) is 5.69 Å². The first-order valence-corrected chi connectivity index (χ1v) is 4.37. The van der Waals surface area contributed by atoms with E-state index in [1.807, 2.05) is 0 Å². The molecule has 0 amide bonds. The third-order valence-electron chi connectivity index (χ3n) is 2.17. The van der Waals surface area contributed by atoms with Gasteiger partial charge in [0.15, 0.2) is 5.75 Å². The smallest absolute Gasteiger partial charge is 0.298 e. The molecule has 2 rings (SSSR count). The third kappa shape index (κ3) is 1.36. The summed E-state index contributed by atoms with van der Waals surface area (Å²) in [4.78, 5) is 35.3. The highest BCUT2D eigenvalue weighted by atomic mass is 16.3. The zero-order chi connectivity index (χ0) is 11.7. The number of rotatable bonds is 1. The standard InChI is InChI=1S/C10H6N2O4/c13-8-5-3-1-2-4-6(5)11-10(15)9(14)7(8)12-16/h1-4,13H,(H,11,14,15). The Morgan fingerprint density at radius 2 is 1.88 bits per heavy atom. The number of para-hydroxylation sites is 1. The second-order valence-corrected chi connectivity index (χ2v) is 3.12. The topological polar surface area (TPSA) is 99.6 Å². The Morgan fingerprint density at radius 1 is 1.19 bits per heavy atom. The lowest BCUT2D eigenvalue weighted by molar-refractivity contribution is 0.483. The summed E-state index contributed by atoms with van der Waals surface area (Å²) in [7, 11) is 0. The van der Waals surface area contributed by atoms with Gasteiger partial charge >= 0.3 is 0 Å². The number of nitroso groups, excluding NO2 is 1. The van der Waals surface area contributed by atoms with Crippen molar-refractivity contribution in [1.82, 2.24) is 4.98 Å². The van der Waals surface area contributed by atoms with Crippen LogP contribution >= 0.6 is 0 Å². The van der Waals surface area contributed by atoms with Crippen LogP contribution in [-0.4, -0.2) is 10.1 Å². The molecule has 0 spiro atoms. The van der Waals surface area contributed by atoms with E-state index in [9.17, 15) is 19.6 Å². The highest BCUT2D eigenvalue weighted by Crippen LogP contribution is 2.27. The molecule has 0 aliphatic carbocycles. The Labute approximate surface area is 88.2 Å². The molecule has 0 unspecified atom stereocenters. The molecule has 0 fully saturated rings. The van der Waals surface area contributed by atoms with Gasteiger partial charge in [0.1, 0.15) is 0 Å². The van der Waals surface area contributed by atoms with Crippen LogP contribution in [0.3, 0.4) is 0 Å². The summed E-state index contributed by atoms with van der Waals surface area (Å²) in [6, 6.07) is 6.19. The number of nitrogens with one attached hydrogen (secondary N) is 1. The molecule has 6 nitrogen and oxygen atoms in total. The van der Waals surface area contributed by atoms with Crippen LogP contribution in [-0.2, 0) is 0 Å². The van der Waals surface area contributed by atoms with E-state index in [1.165, 1.54) is 12.1 Å². The predicted molar refractivity (Wildman–Crippen MR) is 58.0 cm³/mol. The molecule has 16 heavy (non-hydrogen) atoms. The van der Waals surface area contributed by atoms with Crippen molar-refractivity contribution in [1.29, 1.82) is 0 Å². The highest BCUT2D eigenvalue weighted by Gasteiger charge is 2.12. The van der Waals surface area contributed by atoms with Crippen molar-refractivity contribution in [3.63, 3.8) is 0 Å². The van der Waals surface area contributed by atoms with E-state index in [2.05, 4.69) is 10.2 Å². The van der Waals surface area contributed by atoms with E-state index in [4.69, 9.17) is 0 Å². The first-order chi connectivity index (χ1) is 7.65. The molecule has 0 radical (unpaired) electrons. The van der Waals surface area contributed by atoms with Gasteiger partial charge in [0.05, 0.1) is 5.52 Å². The molecule has 2 aromatic rings. The summed E-state index contributed by atoms with van der Waals surface area (Å²) in [5.74, 6) is -0.589. The van der Waals surface area contributed by atoms with Crippen LogP contribution in [0, 0.1) is 4.91 Å². The number of benzene rings is 1. The average molecular weight is 218 g/mol. The van der Waals surface area contributed by atoms with Crippen LogP contribution in [0.5, 0.6) is 5.75 Å². The number of aromatic hydroxyl groups is 1. The minimum atomic E-state index is -1.15. The summed E-state index contributed by atoms with van der Waals surface area (Å²) < 4.78 is 0. The molecule has 0 aliphatic rings. The quantitative estimate of drug-likeness (QED) is 0.550. The van der Waals surface area contributed by atoms with Crippen molar-refractivity contribution in [2.45, 2.75) is 0 Å². The van der Waals surface area contributed by atoms with Crippen molar-refractivity contribution in [3.05, 3.63) is 49.7 Å². The molecule has 1 aromatic heterocycles. The molecule has 0 bridgehead atoms. The average Bonchev–Trinajstić information content (AvgIpc) is 2.37. The van der Waals surface area contributed by atoms with Gasteiger partial charge in [-0.25, -0.2) is 0 Å². The van der Waals surface area contributed by atoms with Gasteiger partial charge in [-0.15, -0.1) is 4.91 Å². The van der Waals surface area contributed by atoms with E-state index in [0.717, 1.165) is 0 Å². The predicted octanol–water partition coefficient (Wildman–Crippen LogP) is 0.992. The number of hydrogen-bond acceptors (Lipinski definition) is 5. The van der Waals surface area contributed by atoms with E-state index in [-0.39, 0.29) is 10.9 Å². The lowest BCUT2D eigenvalue weighted by atomic mass is 10.2. The van der Waals surface area contributed by atoms with Gasteiger partial charge in [0.2, 0.25) is 5.69 Å². The number of hydrogen-bond donors (Lipinski definition) is 2. The van der Waals surface area contributed by atoms with E-state index in [1.54, 1.807) is 12.1 Å². The number of nitrogens with zero attached hydrogens (tertiary/aromatic N) is 1. The maximum Gasteiger partial charge on any atom is 0.298 e. The Morgan fingerprint density at radius 3 is 2.56 bits per heavy atom. The van der Waals surface area contributed by atoms with Gasteiger partial charge in [-0.05, 0) is 17.3 Å². The summed E-state index contributed by atoms with van der Waals surface area (Å²) >= 11 is 0. The van der Waals surface area contributed by atoms with Crippen LogP contribution in [0.25, 0.3) is 10.9 Å². The van der Waals surface area contributed by atoms with Crippen LogP contribution in [0.2, 0.25) is 0 Å². The molecule has 0 saturated carbocycles. The van der Waals surface area contributed by atoms with Gasteiger partial charge in [0.25, 0.3) is 11.0 Å². The minimum Gasteiger partial charge on any atom is -0.505 e. The van der Waals surface area contributed by atoms with Gasteiger partial charge < -0.3 is 10.1 Å². The van der Waals surface area contributed by atoms with Crippen molar-refractivity contribution >= 4 is 16.6 Å². The number of aromatic nitrogens is 1. The fourth-order valence-electron chi connectivity index (χ4n) is 1.41. The van der Waals surface area contributed by atoms with Crippen molar-refractivity contribution in [2.75, 3.05) is 0 Å². The number of fused-ring (bicyclic) bond motifs is 1. The number of H-pyrrole nitrogens is 1. The zero-order valence-corrected chi connectivity index (χ0v) is 7.93. The first kappa shape index (κ1) is 10.0. The number of aromatic amines is 1. The van der Waals surface area contributed by atoms with E-state index in [0.29, 0.717) is 0 Å². The monoisotopic (exact) mass is 218 g/mol. The van der Waals surface area contributed by atoms with Crippen LogP contribution in [0.1, 0.15) is 0 Å². The van der Waals surface area contributed by atoms with Gasteiger partial charge in [0, 0.05) is 5.39 Å². The lowest BCUT2D eigenvalue weighted by Gasteiger charge is -1.93. The van der Waals surface area contributed by atoms with Crippen molar-refractivity contribution in [2.24, 2.45) is 5.18 Å². The molecule has 0 aliphatic heterocycles. The SMILES string of the molecule is O=Nc1c(O)c2ccccc2[nH]c(=O)c1=O. The minimum absolute atomic E-state index is 0.191. The van der Waals surface area contributed by atoms with Crippen LogP contribution in [0.15, 0.2) is 39.0 Å². The van der Waals surface area contributed by atoms with Gasteiger partial charge in [-0.1, -0.05) is 12.1 Å². The normalized spacial score (nSPS) is 10.2. The zero-order valence-electron chi connectivity index (χ0n) is 7.93. The Kier molecular flexibility index (Phi) is 2.24.